The van der Waals surface area contributed by atoms with Gasteiger partial charge < -0.3 is 28.7 Å². The van der Waals surface area contributed by atoms with Crippen molar-refractivity contribution in [3.63, 3.8) is 0 Å². The van der Waals surface area contributed by atoms with E-state index in [1.54, 1.807) is 6.92 Å². The molecule has 0 aliphatic heterocycles. The molecule has 262 valence electrons. The van der Waals surface area contributed by atoms with E-state index in [-0.39, 0.29) is 41.1 Å². The second-order valence-corrected chi connectivity index (χ2v) is 9.52. The molecule has 4 rings (SSSR count). The molecule has 0 bridgehead atoms. The number of aromatic amines is 5. The number of H-pyrrole nitrogens is 5. The second-order valence-electron chi connectivity index (χ2n) is 9.52. The van der Waals surface area contributed by atoms with Gasteiger partial charge in [0.25, 0.3) is 22.2 Å². The van der Waals surface area contributed by atoms with E-state index >= 15 is 0 Å². The minimum Gasteiger partial charge on any atom is -0.391 e. The highest BCUT2D eigenvalue weighted by molar-refractivity contribution is 5.55. The van der Waals surface area contributed by atoms with Crippen LogP contribution in [-0.4, -0.2) is 38.6 Å². The van der Waals surface area contributed by atoms with Crippen LogP contribution in [0.1, 0.15) is 40.0 Å². The highest BCUT2D eigenvalue weighted by Gasteiger charge is 2.11. The molecule has 0 spiro atoms. The number of nitrogens with two attached hydrogens (primary N) is 5. The van der Waals surface area contributed by atoms with Gasteiger partial charge in [-0.15, -0.1) is 4.91 Å². The van der Waals surface area contributed by atoms with Gasteiger partial charge in [-0.25, -0.2) is 19.2 Å². The van der Waals surface area contributed by atoms with E-state index in [0.29, 0.717) is 25.9 Å². The van der Waals surface area contributed by atoms with Crippen molar-refractivity contribution >= 4 is 34.6 Å². The van der Waals surface area contributed by atoms with Crippen molar-refractivity contribution in [1.29, 1.82) is 0 Å². The summed E-state index contributed by atoms with van der Waals surface area (Å²) in [7, 11) is 0. The highest BCUT2D eigenvalue weighted by atomic mass is 16.3. The van der Waals surface area contributed by atoms with Gasteiger partial charge in [-0.2, -0.15) is 0 Å². The van der Waals surface area contributed by atoms with Crippen LogP contribution >= 0.6 is 0 Å². The van der Waals surface area contributed by atoms with Crippen LogP contribution in [0.4, 0.5) is 34.6 Å². The van der Waals surface area contributed by atoms with Gasteiger partial charge in [-0.05, 0) is 24.4 Å². The van der Waals surface area contributed by atoms with E-state index in [1.165, 1.54) is 6.07 Å². The van der Waals surface area contributed by atoms with Crippen molar-refractivity contribution in [2.45, 2.75) is 59.7 Å². The summed E-state index contributed by atoms with van der Waals surface area (Å²) < 4.78 is 3.05. The Hall–Kier alpha value is -6.68. The maximum atomic E-state index is 11.4. The number of anilines is 5. The van der Waals surface area contributed by atoms with Crippen molar-refractivity contribution < 1.29 is 0 Å². The van der Waals surface area contributed by atoms with Gasteiger partial charge in [-0.3, -0.25) is 57.8 Å². The number of nitrogen functional groups attached to an aromatic ring is 5. The fourth-order valence-electron chi connectivity index (χ4n) is 3.58. The molecule has 0 aliphatic carbocycles. The average molecular weight is 679 g/mol. The molecule has 0 atom stereocenters. The third-order valence-electron chi connectivity index (χ3n) is 5.70. The Morgan fingerprint density at radius 1 is 0.583 bits per heavy atom. The lowest BCUT2D eigenvalue weighted by molar-refractivity contribution is 0.617. The first kappa shape index (κ1) is 39.3. The minimum absolute atomic E-state index is 0.0673. The number of nitrogens with zero attached hydrogens (tertiary/aromatic N) is 4. The Balaban J connectivity index is 0.000000323. The Labute approximate surface area is 267 Å². The minimum atomic E-state index is -0.747. The van der Waals surface area contributed by atoms with Crippen LogP contribution < -0.4 is 73.7 Å². The van der Waals surface area contributed by atoms with Gasteiger partial charge >= 0.3 is 22.8 Å². The first-order valence-electron chi connectivity index (χ1n) is 14.0. The third kappa shape index (κ3) is 11.0. The van der Waals surface area contributed by atoms with E-state index in [9.17, 15) is 43.3 Å². The Morgan fingerprint density at radius 3 is 1.50 bits per heavy atom. The fourth-order valence-corrected chi connectivity index (χ4v) is 3.58. The molecule has 4 heterocycles. The topological polar surface area (TPSA) is 390 Å². The van der Waals surface area contributed by atoms with Crippen molar-refractivity contribution in [2.24, 2.45) is 5.18 Å². The Morgan fingerprint density at radius 2 is 1.04 bits per heavy atom. The van der Waals surface area contributed by atoms with Gasteiger partial charge in [0.1, 0.15) is 29.0 Å². The zero-order valence-electron chi connectivity index (χ0n) is 26.2. The lowest BCUT2D eigenvalue weighted by Crippen LogP contribution is -2.37. The van der Waals surface area contributed by atoms with Crippen LogP contribution in [0.25, 0.3) is 0 Å². The number of hydrogen-bond acceptors (Lipinski definition) is 15. The molecule has 48 heavy (non-hydrogen) atoms. The van der Waals surface area contributed by atoms with Gasteiger partial charge in [0.05, 0.1) is 0 Å². The quantitative estimate of drug-likeness (QED) is 0.0884. The summed E-state index contributed by atoms with van der Waals surface area (Å²) in [5.74, 6) is -0.175. The molecule has 0 radical (unpaired) electrons. The smallest absolute Gasteiger partial charge is 0.330 e. The molecule has 15 N–H and O–H groups in total. The van der Waals surface area contributed by atoms with Crippen molar-refractivity contribution in [3.8, 4) is 0 Å². The number of nitroso groups, excluding NO2 is 1. The van der Waals surface area contributed by atoms with Gasteiger partial charge in [0.2, 0.25) is 5.69 Å². The molecule has 0 saturated carbocycles. The van der Waals surface area contributed by atoms with E-state index in [4.69, 9.17) is 28.7 Å². The number of nitrogens with one attached hydrogen (secondary N) is 5. The van der Waals surface area contributed by atoms with Crippen LogP contribution in [0.2, 0.25) is 0 Å². The number of rotatable bonds is 7. The van der Waals surface area contributed by atoms with E-state index in [2.05, 4.69) is 25.1 Å². The molecule has 0 aliphatic rings. The zero-order valence-corrected chi connectivity index (χ0v) is 26.2. The van der Waals surface area contributed by atoms with Crippen LogP contribution in [0.5, 0.6) is 0 Å². The standard InChI is InChI=1S/C7H10N4O3.C7H12N4O2.C7H11N3O2.C4H5N3O2/c1-2-3-11-6(12)4(10-14)5(8)9-7(11)13;1-2-3-11-6(12)4(8)5(9)10-7(11)13;1-2-3-10-6(11)4-5(8)9-7(10)12;5-2-1-3(8)7-4(9)6-2/h2-3,8H2,1H3,(H,9,13);2-3,8-9H2,1H3,(H,10,13);4H,2-3,8H2,1H3,(H,9,12);1H,(H4,5,6,7,8,9). The van der Waals surface area contributed by atoms with Crippen LogP contribution in [0.15, 0.2) is 55.7 Å². The van der Waals surface area contributed by atoms with Crippen molar-refractivity contribution in [1.82, 2.24) is 38.6 Å². The van der Waals surface area contributed by atoms with Crippen molar-refractivity contribution in [3.05, 3.63) is 100 Å². The molecule has 0 amide bonds. The Bertz CT molecular complexity index is 2120. The van der Waals surface area contributed by atoms with Crippen LogP contribution in [-0.2, 0) is 19.6 Å². The van der Waals surface area contributed by atoms with E-state index in [1.807, 2.05) is 18.8 Å². The van der Waals surface area contributed by atoms with Gasteiger partial charge in [0.15, 0.2) is 0 Å². The molecular weight excluding hydrogens is 640 g/mol. The lowest BCUT2D eigenvalue weighted by Gasteiger charge is -2.04. The monoisotopic (exact) mass is 678 g/mol. The largest absolute Gasteiger partial charge is 0.391 e. The molecule has 4 aromatic heterocycles. The van der Waals surface area contributed by atoms with Crippen LogP contribution in [0, 0.1) is 4.91 Å². The molecule has 0 saturated heterocycles. The van der Waals surface area contributed by atoms with Gasteiger partial charge in [-0.1, -0.05) is 20.8 Å². The third-order valence-corrected chi connectivity index (χ3v) is 5.70. The van der Waals surface area contributed by atoms with Crippen molar-refractivity contribution in [2.75, 3.05) is 28.7 Å². The van der Waals surface area contributed by atoms with E-state index < -0.39 is 45.1 Å². The Kier molecular flexibility index (Phi) is 15.0. The fraction of sp³-hybridized carbons (Fsp3) is 0.360. The zero-order chi connectivity index (χ0) is 36.7. The summed E-state index contributed by atoms with van der Waals surface area (Å²) in [6.45, 7) is 6.56. The summed E-state index contributed by atoms with van der Waals surface area (Å²) in [5, 5.41) is 2.48. The first-order chi connectivity index (χ1) is 22.5. The SMILES string of the molecule is CCCn1c(=O)[nH]c(N)c(N)c1=O.CCCn1c(=O)[nH]c(N)c(N=O)c1=O.CCCn1c(=O)cc(N)[nH]c1=O.Nc1cc(=O)[nH]c(=O)[nH]1. The van der Waals surface area contributed by atoms with Gasteiger partial charge in [0, 0.05) is 31.8 Å². The number of aromatic nitrogens is 8. The second kappa shape index (κ2) is 18.3. The molecular formula is C25H38N14O9. The average Bonchev–Trinajstić information content (AvgIpc) is 2.98. The molecule has 23 nitrogen and oxygen atoms in total. The summed E-state index contributed by atoms with van der Waals surface area (Å²) in [5.41, 5.74) is 21.4. The normalized spacial score (nSPS) is 9.98. The predicted octanol–water partition coefficient (Wildman–Crippen LogP) is -2.79. The van der Waals surface area contributed by atoms with Crippen LogP contribution in [0.3, 0.4) is 0 Å². The van der Waals surface area contributed by atoms with E-state index in [0.717, 1.165) is 26.2 Å². The maximum absolute atomic E-state index is 11.4. The molecule has 0 aromatic carbocycles. The lowest BCUT2D eigenvalue weighted by atomic mass is 10.4. The summed E-state index contributed by atoms with van der Waals surface area (Å²) in [6, 6.07) is 2.30. The first-order valence-corrected chi connectivity index (χ1v) is 14.0. The maximum Gasteiger partial charge on any atom is 0.330 e. The number of hydrogen-bond donors (Lipinski definition) is 10. The summed E-state index contributed by atoms with van der Waals surface area (Å²) in [6.07, 6.45) is 2.03. The summed E-state index contributed by atoms with van der Waals surface area (Å²) >= 11 is 0. The molecule has 4 aromatic rings. The predicted molar refractivity (Wildman–Crippen MR) is 180 cm³/mol. The highest BCUT2D eigenvalue weighted by Crippen LogP contribution is 2.09. The molecule has 0 unspecified atom stereocenters. The summed E-state index contributed by atoms with van der Waals surface area (Å²) in [4.78, 5) is 109. The molecule has 0 fully saturated rings. The molecule has 23 heteroatoms.